The molecule has 0 aliphatic rings. The second-order valence-corrected chi connectivity index (χ2v) is 2.94. The Kier molecular flexibility index (Phi) is 3.02. The van der Waals surface area contributed by atoms with E-state index < -0.39 is 0 Å². The van der Waals surface area contributed by atoms with Gasteiger partial charge in [-0.05, 0) is 30.0 Å². The van der Waals surface area contributed by atoms with E-state index in [4.69, 9.17) is 5.26 Å². The van der Waals surface area contributed by atoms with Crippen LogP contribution in [0.15, 0.2) is 12.1 Å². The van der Waals surface area contributed by atoms with Crippen LogP contribution in [-0.2, 0) is 12.8 Å². The lowest BCUT2D eigenvalue weighted by Crippen LogP contribution is -1.95. The van der Waals surface area contributed by atoms with Crippen LogP contribution in [0.4, 0.5) is 4.39 Å². The van der Waals surface area contributed by atoms with Crippen LogP contribution in [0.2, 0.25) is 0 Å². The molecule has 1 aromatic carbocycles. The Labute approximate surface area is 77.8 Å². The molecule has 2 heteroatoms. The summed E-state index contributed by atoms with van der Waals surface area (Å²) in [5, 5.41) is 8.67. The van der Waals surface area contributed by atoms with Crippen molar-refractivity contribution in [3.63, 3.8) is 0 Å². The molecular formula is C11H12FN. The molecular weight excluding hydrogens is 165 g/mol. The second-order valence-electron chi connectivity index (χ2n) is 2.94. The predicted molar refractivity (Wildman–Crippen MR) is 49.9 cm³/mol. The molecule has 1 nitrogen and oxygen atoms in total. The average molecular weight is 177 g/mol. The summed E-state index contributed by atoms with van der Waals surface area (Å²) in [6, 6.07) is 5.32. The number of benzene rings is 1. The topological polar surface area (TPSA) is 23.8 Å². The van der Waals surface area contributed by atoms with Crippen molar-refractivity contribution in [3.05, 3.63) is 34.6 Å². The van der Waals surface area contributed by atoms with Gasteiger partial charge in [-0.1, -0.05) is 19.9 Å². The highest BCUT2D eigenvalue weighted by Gasteiger charge is 2.07. The summed E-state index contributed by atoms with van der Waals surface area (Å²) in [6.07, 6.45) is 1.47. The van der Waals surface area contributed by atoms with Gasteiger partial charge in [-0.3, -0.25) is 0 Å². The van der Waals surface area contributed by atoms with Gasteiger partial charge in [-0.2, -0.15) is 5.26 Å². The molecule has 1 aromatic rings. The van der Waals surface area contributed by atoms with Crippen LogP contribution in [0.5, 0.6) is 0 Å². The molecule has 0 bridgehead atoms. The first-order valence-corrected chi connectivity index (χ1v) is 4.44. The Bertz CT molecular complexity index is 350. The summed E-state index contributed by atoms with van der Waals surface area (Å²) in [5.41, 5.74) is 1.82. The Morgan fingerprint density at radius 1 is 1.31 bits per heavy atom. The maximum atomic E-state index is 13.4. The van der Waals surface area contributed by atoms with Crippen LogP contribution in [0.1, 0.15) is 30.5 Å². The van der Waals surface area contributed by atoms with Crippen molar-refractivity contribution in [3.8, 4) is 6.07 Å². The van der Waals surface area contributed by atoms with Gasteiger partial charge in [0.05, 0.1) is 5.56 Å². The van der Waals surface area contributed by atoms with E-state index in [-0.39, 0.29) is 11.4 Å². The van der Waals surface area contributed by atoms with E-state index in [1.54, 1.807) is 6.07 Å². The van der Waals surface area contributed by atoms with Crippen LogP contribution in [0, 0.1) is 17.1 Å². The van der Waals surface area contributed by atoms with Crippen LogP contribution in [0.25, 0.3) is 0 Å². The van der Waals surface area contributed by atoms with Gasteiger partial charge < -0.3 is 0 Å². The minimum atomic E-state index is -0.359. The van der Waals surface area contributed by atoms with E-state index in [1.165, 1.54) is 0 Å². The monoisotopic (exact) mass is 177 g/mol. The molecule has 0 aliphatic carbocycles. The fourth-order valence-corrected chi connectivity index (χ4v) is 1.29. The molecule has 0 fully saturated rings. The first-order valence-electron chi connectivity index (χ1n) is 4.44. The summed E-state index contributed by atoms with van der Waals surface area (Å²) < 4.78 is 13.4. The lowest BCUT2D eigenvalue weighted by molar-refractivity contribution is 0.607. The summed E-state index contributed by atoms with van der Waals surface area (Å²) in [4.78, 5) is 0. The molecule has 68 valence electrons. The van der Waals surface area contributed by atoms with Gasteiger partial charge in [0.1, 0.15) is 11.9 Å². The van der Waals surface area contributed by atoms with Crippen molar-refractivity contribution in [2.45, 2.75) is 26.7 Å². The SMILES string of the molecule is CCc1cc(C#N)c(F)c(CC)c1. The number of halogens is 1. The fourth-order valence-electron chi connectivity index (χ4n) is 1.29. The number of nitrogens with zero attached hydrogens (tertiary/aromatic N) is 1. The highest BCUT2D eigenvalue weighted by Crippen LogP contribution is 2.16. The fraction of sp³-hybridized carbons (Fsp3) is 0.364. The van der Waals surface area contributed by atoms with Gasteiger partial charge in [-0.15, -0.1) is 0 Å². The zero-order valence-corrected chi connectivity index (χ0v) is 7.89. The number of hydrogen-bond acceptors (Lipinski definition) is 1. The normalized spacial score (nSPS) is 9.69. The number of rotatable bonds is 2. The quantitative estimate of drug-likeness (QED) is 0.681. The van der Waals surface area contributed by atoms with E-state index in [1.807, 2.05) is 26.0 Å². The molecule has 0 spiro atoms. The lowest BCUT2D eigenvalue weighted by Gasteiger charge is -2.04. The molecule has 0 saturated carbocycles. The van der Waals surface area contributed by atoms with Gasteiger partial charge in [-0.25, -0.2) is 4.39 Å². The maximum Gasteiger partial charge on any atom is 0.144 e. The highest BCUT2D eigenvalue weighted by atomic mass is 19.1. The molecule has 0 unspecified atom stereocenters. The number of nitriles is 1. The molecule has 0 N–H and O–H groups in total. The summed E-state index contributed by atoms with van der Waals surface area (Å²) >= 11 is 0. The summed E-state index contributed by atoms with van der Waals surface area (Å²) in [5.74, 6) is -0.359. The van der Waals surface area contributed by atoms with Crippen molar-refractivity contribution in [2.75, 3.05) is 0 Å². The zero-order valence-electron chi connectivity index (χ0n) is 7.89. The molecule has 0 aliphatic heterocycles. The molecule has 1 rings (SSSR count). The Balaban J connectivity index is 3.31. The van der Waals surface area contributed by atoms with Gasteiger partial charge in [0.2, 0.25) is 0 Å². The van der Waals surface area contributed by atoms with Gasteiger partial charge in [0.15, 0.2) is 0 Å². The van der Waals surface area contributed by atoms with Crippen molar-refractivity contribution >= 4 is 0 Å². The smallest absolute Gasteiger partial charge is 0.144 e. The lowest BCUT2D eigenvalue weighted by atomic mass is 10.0. The minimum Gasteiger partial charge on any atom is -0.205 e. The van der Waals surface area contributed by atoms with Crippen molar-refractivity contribution in [2.24, 2.45) is 0 Å². The van der Waals surface area contributed by atoms with Gasteiger partial charge in [0, 0.05) is 0 Å². The van der Waals surface area contributed by atoms with E-state index in [0.717, 1.165) is 12.0 Å². The molecule has 0 aromatic heterocycles. The number of hydrogen-bond donors (Lipinski definition) is 0. The standard InChI is InChI=1S/C11H12FN/c1-3-8-5-9(4-2)11(12)10(6-8)7-13/h5-6H,3-4H2,1-2H3. The van der Waals surface area contributed by atoms with Crippen LogP contribution in [-0.4, -0.2) is 0 Å². The van der Waals surface area contributed by atoms with E-state index >= 15 is 0 Å². The minimum absolute atomic E-state index is 0.163. The second kappa shape index (κ2) is 4.04. The van der Waals surface area contributed by atoms with Crippen molar-refractivity contribution in [1.82, 2.24) is 0 Å². The maximum absolute atomic E-state index is 13.4. The number of aryl methyl sites for hydroxylation is 2. The van der Waals surface area contributed by atoms with Crippen molar-refractivity contribution < 1.29 is 4.39 Å². The molecule has 13 heavy (non-hydrogen) atoms. The summed E-state index contributed by atoms with van der Waals surface area (Å²) in [6.45, 7) is 3.88. The Hall–Kier alpha value is -1.36. The van der Waals surface area contributed by atoms with E-state index in [9.17, 15) is 4.39 Å². The molecule has 0 amide bonds. The highest BCUT2D eigenvalue weighted by molar-refractivity contribution is 5.39. The molecule has 0 radical (unpaired) electrons. The third kappa shape index (κ3) is 1.86. The zero-order chi connectivity index (χ0) is 9.84. The molecule has 0 saturated heterocycles. The largest absolute Gasteiger partial charge is 0.205 e. The van der Waals surface area contributed by atoms with Gasteiger partial charge >= 0.3 is 0 Å². The third-order valence-corrected chi connectivity index (χ3v) is 2.12. The Morgan fingerprint density at radius 2 is 2.00 bits per heavy atom. The first-order chi connectivity index (χ1) is 6.22. The van der Waals surface area contributed by atoms with Crippen LogP contribution in [0.3, 0.4) is 0 Å². The Morgan fingerprint density at radius 3 is 2.46 bits per heavy atom. The molecule has 0 heterocycles. The van der Waals surface area contributed by atoms with Gasteiger partial charge in [0.25, 0.3) is 0 Å². The molecule has 0 atom stereocenters. The van der Waals surface area contributed by atoms with Crippen LogP contribution >= 0.6 is 0 Å². The summed E-state index contributed by atoms with van der Waals surface area (Å²) in [7, 11) is 0. The predicted octanol–water partition coefficient (Wildman–Crippen LogP) is 2.82. The third-order valence-electron chi connectivity index (χ3n) is 2.12. The van der Waals surface area contributed by atoms with Crippen molar-refractivity contribution in [1.29, 1.82) is 5.26 Å². The van der Waals surface area contributed by atoms with E-state index in [0.29, 0.717) is 12.0 Å². The van der Waals surface area contributed by atoms with E-state index in [2.05, 4.69) is 0 Å². The average Bonchev–Trinajstić information content (AvgIpc) is 2.18. The van der Waals surface area contributed by atoms with Crippen LogP contribution < -0.4 is 0 Å². The first kappa shape index (κ1) is 9.73.